The number of benzene rings is 2. The smallest absolute Gasteiger partial charge is 0.323 e. The van der Waals surface area contributed by atoms with Gasteiger partial charge in [-0.3, -0.25) is 0 Å². The Labute approximate surface area is 161 Å². The molecule has 0 spiro atoms. The predicted octanol–water partition coefficient (Wildman–Crippen LogP) is 6.26. The molecule has 2 amide bonds. The summed E-state index contributed by atoms with van der Waals surface area (Å²) in [5, 5.41) is 5.71. The summed E-state index contributed by atoms with van der Waals surface area (Å²) in [4.78, 5) is 15.0. The number of carbonyl (C=O) groups excluding carboxylic acids is 1. The van der Waals surface area contributed by atoms with E-state index in [0.717, 1.165) is 12.1 Å². The number of hydrogen-bond acceptors (Lipinski definition) is 1. The Hall–Kier alpha value is -2.74. The number of alkyl halides is 2. The minimum absolute atomic E-state index is 0.238. The van der Waals surface area contributed by atoms with E-state index in [0.29, 0.717) is 27.2 Å². The third kappa shape index (κ3) is 3.52. The zero-order valence-corrected chi connectivity index (χ0v) is 15.0. The summed E-state index contributed by atoms with van der Waals surface area (Å²) >= 11 is 6.17. The van der Waals surface area contributed by atoms with Gasteiger partial charge in [-0.1, -0.05) is 17.7 Å². The second kappa shape index (κ2) is 6.70. The lowest BCUT2D eigenvalue weighted by molar-refractivity contribution is -0.0867. The Morgan fingerprint density at radius 1 is 1.11 bits per heavy atom. The molecule has 4 nitrogen and oxygen atoms in total. The first-order valence-corrected chi connectivity index (χ1v) is 8.81. The van der Waals surface area contributed by atoms with E-state index in [9.17, 15) is 22.4 Å². The van der Waals surface area contributed by atoms with E-state index in [1.165, 1.54) is 12.3 Å². The van der Waals surface area contributed by atoms with Crippen LogP contribution >= 0.6 is 11.6 Å². The fraction of sp³-hybridized carbons (Fsp3) is 0.211. The Morgan fingerprint density at radius 3 is 2.50 bits per heavy atom. The van der Waals surface area contributed by atoms with Crippen molar-refractivity contribution in [2.24, 2.45) is 0 Å². The number of urea groups is 1. The van der Waals surface area contributed by atoms with Crippen molar-refractivity contribution in [3.63, 3.8) is 0 Å². The van der Waals surface area contributed by atoms with Crippen molar-refractivity contribution < 1.29 is 22.4 Å². The van der Waals surface area contributed by atoms with Gasteiger partial charge in [-0.05, 0) is 29.7 Å². The molecule has 2 aromatic carbocycles. The number of nitrogens with one attached hydrogen (secondary N) is 3. The minimum atomic E-state index is -2.65. The lowest BCUT2D eigenvalue weighted by Gasteiger charge is -2.35. The van der Waals surface area contributed by atoms with Crippen molar-refractivity contribution in [2.45, 2.75) is 24.7 Å². The average Bonchev–Trinajstić information content (AvgIpc) is 2.95. The van der Waals surface area contributed by atoms with E-state index in [1.807, 2.05) is 0 Å². The molecule has 3 N–H and O–H groups in total. The second-order valence-corrected chi connectivity index (χ2v) is 7.20. The highest BCUT2D eigenvalue weighted by Gasteiger charge is 2.46. The molecule has 0 bridgehead atoms. The molecule has 1 saturated carbocycles. The fourth-order valence-corrected chi connectivity index (χ4v) is 3.66. The van der Waals surface area contributed by atoms with Crippen molar-refractivity contribution in [1.82, 2.24) is 4.98 Å². The quantitative estimate of drug-likeness (QED) is 0.438. The minimum Gasteiger partial charge on any atom is -0.359 e. The van der Waals surface area contributed by atoms with Gasteiger partial charge in [0.05, 0.1) is 11.2 Å². The van der Waals surface area contributed by atoms with Gasteiger partial charge in [0.2, 0.25) is 5.92 Å². The first kappa shape index (κ1) is 18.6. The SMILES string of the molecule is O=C(Nc1ccc(C2CC(F)(F)C2)c(Cl)c1)Nc1c[nH]c2cc(F)c(F)cc12. The molecule has 1 aliphatic rings. The Morgan fingerprint density at radius 2 is 1.82 bits per heavy atom. The Balaban J connectivity index is 1.46. The second-order valence-electron chi connectivity index (χ2n) is 6.79. The van der Waals surface area contributed by atoms with Crippen molar-refractivity contribution in [1.29, 1.82) is 0 Å². The first-order chi connectivity index (χ1) is 13.2. The standard InChI is InChI=1S/C19H14ClF4N3O/c20-13-3-10(1-2-11(13)9-6-19(23,24)7-9)26-18(28)27-17-8-25-16-5-15(22)14(21)4-12(16)17/h1-5,8-9,25H,6-7H2,(H2,26,27,28). The van der Waals surface area contributed by atoms with Crippen molar-refractivity contribution in [3.05, 3.63) is 58.7 Å². The normalized spacial score (nSPS) is 16.0. The summed E-state index contributed by atoms with van der Waals surface area (Å²) in [6, 6.07) is 6.03. The maximum absolute atomic E-state index is 13.4. The van der Waals surface area contributed by atoms with Crippen LogP contribution < -0.4 is 10.6 Å². The Kier molecular flexibility index (Phi) is 4.45. The summed E-state index contributed by atoms with van der Waals surface area (Å²) in [5.74, 6) is -4.97. The molecule has 4 rings (SSSR count). The number of halogens is 5. The zero-order chi connectivity index (χ0) is 20.1. The molecule has 1 fully saturated rings. The van der Waals surface area contributed by atoms with E-state index in [2.05, 4.69) is 15.6 Å². The van der Waals surface area contributed by atoms with Crippen LogP contribution in [0.25, 0.3) is 10.9 Å². The number of aromatic nitrogens is 1. The number of hydrogen-bond donors (Lipinski definition) is 3. The van der Waals surface area contributed by atoms with Gasteiger partial charge in [0.15, 0.2) is 11.6 Å². The van der Waals surface area contributed by atoms with Gasteiger partial charge in [-0.25, -0.2) is 22.4 Å². The predicted molar refractivity (Wildman–Crippen MR) is 99.2 cm³/mol. The lowest BCUT2D eigenvalue weighted by atomic mass is 9.77. The highest BCUT2D eigenvalue weighted by Crippen LogP contribution is 2.50. The molecule has 3 aromatic rings. The maximum atomic E-state index is 13.4. The number of carbonyl (C=O) groups is 1. The van der Waals surface area contributed by atoms with Crippen LogP contribution in [-0.2, 0) is 0 Å². The number of amides is 2. The fourth-order valence-electron chi connectivity index (χ4n) is 3.32. The number of anilines is 2. The molecule has 0 unspecified atom stereocenters. The highest BCUT2D eigenvalue weighted by molar-refractivity contribution is 6.31. The lowest BCUT2D eigenvalue weighted by Crippen LogP contribution is -2.33. The summed E-state index contributed by atoms with van der Waals surface area (Å²) in [7, 11) is 0. The highest BCUT2D eigenvalue weighted by atomic mass is 35.5. The topological polar surface area (TPSA) is 56.9 Å². The van der Waals surface area contributed by atoms with Crippen molar-refractivity contribution in [3.8, 4) is 0 Å². The van der Waals surface area contributed by atoms with E-state index in [-0.39, 0.29) is 24.4 Å². The molecule has 1 aromatic heterocycles. The zero-order valence-electron chi connectivity index (χ0n) is 14.3. The Bertz CT molecular complexity index is 1070. The molecule has 0 radical (unpaired) electrons. The van der Waals surface area contributed by atoms with Crippen molar-refractivity contribution in [2.75, 3.05) is 10.6 Å². The first-order valence-electron chi connectivity index (χ1n) is 8.43. The van der Waals surface area contributed by atoms with Crippen LogP contribution in [0.1, 0.15) is 24.3 Å². The third-order valence-corrected chi connectivity index (χ3v) is 5.09. The summed E-state index contributed by atoms with van der Waals surface area (Å²) in [5.41, 5.74) is 1.59. The van der Waals surface area contributed by atoms with Gasteiger partial charge >= 0.3 is 6.03 Å². The maximum Gasteiger partial charge on any atom is 0.323 e. The van der Waals surface area contributed by atoms with Crippen molar-refractivity contribution >= 4 is 39.9 Å². The molecule has 28 heavy (non-hydrogen) atoms. The summed E-state index contributed by atoms with van der Waals surface area (Å²) in [6.07, 6.45) is 0.936. The van der Waals surface area contributed by atoms with E-state index in [4.69, 9.17) is 11.6 Å². The van der Waals surface area contributed by atoms with Crippen LogP contribution in [0.5, 0.6) is 0 Å². The molecule has 0 atom stereocenters. The summed E-state index contributed by atoms with van der Waals surface area (Å²) < 4.78 is 52.8. The van der Waals surface area contributed by atoms with Crippen LogP contribution in [-0.4, -0.2) is 16.9 Å². The monoisotopic (exact) mass is 411 g/mol. The van der Waals surface area contributed by atoms with E-state index >= 15 is 0 Å². The number of H-pyrrole nitrogens is 1. The molecule has 1 heterocycles. The van der Waals surface area contributed by atoms with Gasteiger partial charge in [-0.15, -0.1) is 0 Å². The van der Waals surface area contributed by atoms with E-state index in [1.54, 1.807) is 12.1 Å². The van der Waals surface area contributed by atoms with Crippen LogP contribution in [0.2, 0.25) is 5.02 Å². The third-order valence-electron chi connectivity index (χ3n) is 4.76. The van der Waals surface area contributed by atoms with Crippen LogP contribution in [0.15, 0.2) is 36.5 Å². The number of rotatable bonds is 3. The van der Waals surface area contributed by atoms with Gasteiger partial charge in [0.25, 0.3) is 0 Å². The van der Waals surface area contributed by atoms with Crippen LogP contribution in [0.4, 0.5) is 33.7 Å². The molecule has 0 saturated heterocycles. The summed E-state index contributed by atoms with van der Waals surface area (Å²) in [6.45, 7) is 0. The largest absolute Gasteiger partial charge is 0.359 e. The van der Waals surface area contributed by atoms with Gasteiger partial charge in [-0.2, -0.15) is 0 Å². The van der Waals surface area contributed by atoms with Crippen LogP contribution in [0.3, 0.4) is 0 Å². The number of fused-ring (bicyclic) bond motifs is 1. The van der Waals surface area contributed by atoms with Crippen LogP contribution in [0, 0.1) is 11.6 Å². The van der Waals surface area contributed by atoms with Gasteiger partial charge < -0.3 is 15.6 Å². The molecule has 0 aliphatic heterocycles. The molecular formula is C19H14ClF4N3O. The molecule has 9 heteroatoms. The average molecular weight is 412 g/mol. The number of aromatic amines is 1. The molecular weight excluding hydrogens is 398 g/mol. The van der Waals surface area contributed by atoms with Gasteiger partial charge in [0, 0.05) is 41.2 Å². The molecule has 146 valence electrons. The molecule has 1 aliphatic carbocycles. The van der Waals surface area contributed by atoms with E-state index < -0.39 is 23.6 Å². The van der Waals surface area contributed by atoms with Gasteiger partial charge in [0.1, 0.15) is 0 Å².